The van der Waals surface area contributed by atoms with Gasteiger partial charge in [0, 0.05) is 12.6 Å². The van der Waals surface area contributed by atoms with Crippen LogP contribution in [0.2, 0.25) is 0 Å². The van der Waals surface area contributed by atoms with Crippen LogP contribution in [0.1, 0.15) is 44.6 Å². The van der Waals surface area contributed by atoms with Crippen LogP contribution < -0.4 is 5.32 Å². The van der Waals surface area contributed by atoms with Crippen LogP contribution >= 0.6 is 0 Å². The van der Waals surface area contributed by atoms with Crippen molar-refractivity contribution in [1.82, 2.24) is 10.5 Å². The number of nitrogens with one attached hydrogen (secondary N) is 1. The molecule has 4 nitrogen and oxygen atoms in total. The number of aromatic nitrogens is 1. The van der Waals surface area contributed by atoms with Gasteiger partial charge in [-0.2, -0.15) is 0 Å². The van der Waals surface area contributed by atoms with Gasteiger partial charge in [0.2, 0.25) is 5.91 Å². The lowest BCUT2D eigenvalue weighted by Crippen LogP contribution is -2.48. The highest BCUT2D eigenvalue weighted by Crippen LogP contribution is 2.59. The van der Waals surface area contributed by atoms with Crippen LogP contribution in [0.25, 0.3) is 0 Å². The zero-order chi connectivity index (χ0) is 15.0. The molecule has 0 aliphatic heterocycles. The smallest absolute Gasteiger partial charge is 0.227 e. The van der Waals surface area contributed by atoms with Crippen LogP contribution in [0.5, 0.6) is 0 Å². The second-order valence-electron chi connectivity index (χ2n) is 7.03. The Hall–Kier alpha value is -1.58. The van der Waals surface area contributed by atoms with E-state index < -0.39 is 0 Å². The molecule has 3 aliphatic carbocycles. The summed E-state index contributed by atoms with van der Waals surface area (Å²) in [5.74, 6) is 2.23. The number of fused-ring (bicyclic) bond motifs is 1. The Labute approximate surface area is 126 Å². The van der Waals surface area contributed by atoms with Crippen molar-refractivity contribution in [2.75, 3.05) is 6.54 Å². The zero-order valence-electron chi connectivity index (χ0n) is 13.1. The Morgan fingerprint density at radius 1 is 1.52 bits per heavy atom. The predicted molar refractivity (Wildman–Crippen MR) is 80.6 cm³/mol. The number of amides is 1. The largest absolute Gasteiger partial charge is 0.361 e. The number of carbonyl (C=O) groups is 1. The number of carbonyl (C=O) groups excluding carboxylic acids is 1. The Morgan fingerprint density at radius 2 is 2.33 bits per heavy atom. The lowest BCUT2D eigenvalue weighted by atomic mass is 9.48. The van der Waals surface area contributed by atoms with E-state index in [1.54, 1.807) is 11.6 Å². The third-order valence-corrected chi connectivity index (χ3v) is 5.33. The topological polar surface area (TPSA) is 55.1 Å². The van der Waals surface area contributed by atoms with E-state index in [-0.39, 0.29) is 12.3 Å². The molecule has 1 amide bonds. The van der Waals surface area contributed by atoms with Crippen molar-refractivity contribution < 1.29 is 9.32 Å². The summed E-state index contributed by atoms with van der Waals surface area (Å²) >= 11 is 0. The van der Waals surface area contributed by atoms with Gasteiger partial charge in [0.1, 0.15) is 5.76 Å². The Bertz CT molecular complexity index is 571. The monoisotopic (exact) mass is 288 g/mol. The minimum absolute atomic E-state index is 0.00769. The molecule has 1 saturated carbocycles. The van der Waals surface area contributed by atoms with Gasteiger partial charge in [-0.1, -0.05) is 30.7 Å². The Morgan fingerprint density at radius 3 is 2.95 bits per heavy atom. The van der Waals surface area contributed by atoms with E-state index >= 15 is 0 Å². The summed E-state index contributed by atoms with van der Waals surface area (Å²) in [5, 5.41) is 6.78. The molecule has 0 spiro atoms. The van der Waals surface area contributed by atoms with Crippen LogP contribution in [-0.2, 0) is 11.2 Å². The van der Waals surface area contributed by atoms with Crippen molar-refractivity contribution in [1.29, 1.82) is 0 Å². The highest BCUT2D eigenvalue weighted by Gasteiger charge is 2.50. The SMILES string of the molecule is Cc1cc(CC(=O)NCCC2=CC[C@H]3C[C@@H]2C3(C)C)on1. The first-order valence-corrected chi connectivity index (χ1v) is 7.84. The number of hydrogen-bond donors (Lipinski definition) is 1. The van der Waals surface area contributed by atoms with Gasteiger partial charge in [-0.3, -0.25) is 4.79 Å². The number of aryl methyl sites for hydroxylation is 1. The minimum Gasteiger partial charge on any atom is -0.361 e. The molecule has 21 heavy (non-hydrogen) atoms. The second kappa shape index (κ2) is 5.32. The molecular formula is C17H24N2O2. The summed E-state index contributed by atoms with van der Waals surface area (Å²) in [5.41, 5.74) is 2.82. The van der Waals surface area contributed by atoms with Crippen molar-refractivity contribution in [3.63, 3.8) is 0 Å². The summed E-state index contributed by atoms with van der Waals surface area (Å²) in [6.45, 7) is 7.33. The quantitative estimate of drug-likeness (QED) is 0.847. The molecule has 1 fully saturated rings. The maximum Gasteiger partial charge on any atom is 0.227 e. The van der Waals surface area contributed by atoms with Crippen molar-refractivity contribution in [2.24, 2.45) is 17.3 Å². The number of allylic oxidation sites excluding steroid dienone is 1. The van der Waals surface area contributed by atoms with Gasteiger partial charge >= 0.3 is 0 Å². The normalized spacial score (nSPS) is 26.0. The zero-order valence-corrected chi connectivity index (χ0v) is 13.1. The molecule has 1 N–H and O–H groups in total. The van der Waals surface area contributed by atoms with E-state index in [0.29, 0.717) is 11.2 Å². The molecule has 0 radical (unpaired) electrons. The van der Waals surface area contributed by atoms with Crippen LogP contribution in [0, 0.1) is 24.2 Å². The molecule has 2 bridgehead atoms. The van der Waals surface area contributed by atoms with Gasteiger partial charge in [-0.25, -0.2) is 0 Å². The van der Waals surface area contributed by atoms with Crippen molar-refractivity contribution in [3.05, 3.63) is 29.2 Å². The molecule has 0 unspecified atom stereocenters. The third kappa shape index (κ3) is 2.76. The molecule has 1 heterocycles. The van der Waals surface area contributed by atoms with Crippen LogP contribution in [0.3, 0.4) is 0 Å². The Kier molecular flexibility index (Phi) is 3.64. The lowest BCUT2D eigenvalue weighted by Gasteiger charge is -2.56. The molecule has 0 aromatic carbocycles. The van der Waals surface area contributed by atoms with Crippen molar-refractivity contribution >= 4 is 5.91 Å². The fourth-order valence-corrected chi connectivity index (χ4v) is 3.82. The van der Waals surface area contributed by atoms with Gasteiger partial charge in [0.25, 0.3) is 0 Å². The molecule has 1 aromatic heterocycles. The summed E-state index contributed by atoms with van der Waals surface area (Å²) in [4.78, 5) is 11.9. The van der Waals surface area contributed by atoms with Crippen LogP contribution in [0.4, 0.5) is 0 Å². The first-order chi connectivity index (χ1) is 9.96. The van der Waals surface area contributed by atoms with E-state index in [9.17, 15) is 4.79 Å². The fraction of sp³-hybridized carbons (Fsp3) is 0.647. The van der Waals surface area contributed by atoms with Gasteiger partial charge < -0.3 is 9.84 Å². The molecule has 114 valence electrons. The fourth-order valence-electron chi connectivity index (χ4n) is 3.82. The van der Waals surface area contributed by atoms with E-state index in [0.717, 1.165) is 30.5 Å². The highest BCUT2D eigenvalue weighted by atomic mass is 16.5. The second-order valence-corrected chi connectivity index (χ2v) is 7.03. The predicted octanol–water partition coefficient (Wildman–Crippen LogP) is 3.02. The molecule has 4 heteroatoms. The molecule has 3 aliphatic rings. The van der Waals surface area contributed by atoms with Gasteiger partial charge in [0.05, 0.1) is 12.1 Å². The van der Waals surface area contributed by atoms with Gasteiger partial charge in [0.15, 0.2) is 0 Å². The summed E-state index contributed by atoms with van der Waals surface area (Å²) in [7, 11) is 0. The van der Waals surface area contributed by atoms with Gasteiger partial charge in [-0.05, 0) is 43.4 Å². The summed E-state index contributed by atoms with van der Waals surface area (Å²) in [6.07, 6.45) is 6.20. The van der Waals surface area contributed by atoms with Gasteiger partial charge in [-0.15, -0.1) is 0 Å². The van der Waals surface area contributed by atoms with Crippen LogP contribution in [-0.4, -0.2) is 17.6 Å². The number of rotatable bonds is 5. The molecule has 0 saturated heterocycles. The third-order valence-electron chi connectivity index (χ3n) is 5.33. The van der Waals surface area contributed by atoms with E-state index in [1.807, 2.05) is 6.92 Å². The maximum absolute atomic E-state index is 11.9. The Balaban J connectivity index is 1.44. The highest BCUT2D eigenvalue weighted by molar-refractivity contribution is 5.77. The van der Waals surface area contributed by atoms with Crippen molar-refractivity contribution in [2.45, 2.75) is 46.5 Å². The number of nitrogens with zero attached hydrogens (tertiary/aromatic N) is 1. The summed E-state index contributed by atoms with van der Waals surface area (Å²) < 4.78 is 5.06. The van der Waals surface area contributed by atoms with E-state index in [1.165, 1.54) is 12.8 Å². The van der Waals surface area contributed by atoms with E-state index in [4.69, 9.17) is 4.52 Å². The van der Waals surface area contributed by atoms with E-state index in [2.05, 4.69) is 30.4 Å². The first-order valence-electron chi connectivity index (χ1n) is 7.84. The van der Waals surface area contributed by atoms with Crippen molar-refractivity contribution in [3.8, 4) is 0 Å². The molecule has 4 rings (SSSR count). The summed E-state index contributed by atoms with van der Waals surface area (Å²) in [6, 6.07) is 1.81. The average molecular weight is 288 g/mol. The number of hydrogen-bond acceptors (Lipinski definition) is 3. The standard InChI is InChI=1S/C17H24N2O2/c1-11-8-14(21-19-11)10-16(20)18-7-6-12-4-5-13-9-15(12)17(13,2)3/h4,8,13,15H,5-7,9-10H2,1-3H3,(H,18,20)/t13-,15-/m0/s1. The first kappa shape index (κ1) is 14.4. The molecular weight excluding hydrogens is 264 g/mol. The average Bonchev–Trinajstić information content (AvgIpc) is 2.84. The molecule has 1 aromatic rings. The lowest BCUT2D eigenvalue weighted by molar-refractivity contribution is -0.120. The minimum atomic E-state index is 0.00769. The van der Waals surface area contributed by atoms with Crippen LogP contribution in [0.15, 0.2) is 22.2 Å². The maximum atomic E-state index is 11.9. The molecule has 2 atom stereocenters.